The number of carbonyl (C=O) groups is 2. The van der Waals surface area contributed by atoms with Crippen molar-refractivity contribution in [2.24, 2.45) is 5.92 Å². The van der Waals surface area contributed by atoms with E-state index in [1.165, 1.54) is 9.87 Å². The minimum absolute atomic E-state index is 0.0440. The zero-order chi connectivity index (χ0) is 25.9. The van der Waals surface area contributed by atoms with Gasteiger partial charge in [-0.15, -0.1) is 0 Å². The van der Waals surface area contributed by atoms with Crippen molar-refractivity contribution in [2.75, 3.05) is 37.8 Å². The second kappa shape index (κ2) is 10.9. The number of carboxylic acid groups (broad SMARTS) is 1. The average Bonchev–Trinajstić information content (AvgIpc) is 2.76. The van der Waals surface area contributed by atoms with Gasteiger partial charge in [0.05, 0.1) is 25.4 Å². The van der Waals surface area contributed by atoms with Gasteiger partial charge in [0.2, 0.25) is 10.0 Å². The number of alkyl carbamates (subject to hydrolysis) is 1. The third-order valence-electron chi connectivity index (χ3n) is 7.13. The molecule has 3 heterocycles. The minimum Gasteiger partial charge on any atom is -0.480 e. The first-order chi connectivity index (χ1) is 17.0. The number of nitrogens with zero attached hydrogens (tertiary/aromatic N) is 2. The van der Waals surface area contributed by atoms with Crippen molar-refractivity contribution in [3.63, 3.8) is 0 Å². The Labute approximate surface area is 212 Å². The number of sulfonamides is 1. The molecule has 11 nitrogen and oxygen atoms in total. The summed E-state index contributed by atoms with van der Waals surface area (Å²) in [6.45, 7) is 2.89. The largest absolute Gasteiger partial charge is 0.480 e. The van der Waals surface area contributed by atoms with E-state index in [4.69, 9.17) is 14.5 Å². The smallest absolute Gasteiger partial charge is 0.408 e. The maximum absolute atomic E-state index is 12.2. The van der Waals surface area contributed by atoms with E-state index in [2.05, 4.69) is 22.8 Å². The molecule has 0 aromatic carbocycles. The van der Waals surface area contributed by atoms with Crippen molar-refractivity contribution >= 4 is 27.9 Å². The predicted molar refractivity (Wildman–Crippen MR) is 132 cm³/mol. The van der Waals surface area contributed by atoms with Gasteiger partial charge in [-0.2, -0.15) is 4.31 Å². The first kappa shape index (κ1) is 26.6. The van der Waals surface area contributed by atoms with Crippen LogP contribution in [0.5, 0.6) is 0 Å². The Bertz CT molecular complexity index is 1070. The molecule has 1 saturated carbocycles. The van der Waals surface area contributed by atoms with Crippen LogP contribution in [0, 0.1) is 5.92 Å². The first-order valence-corrected chi connectivity index (χ1v) is 14.4. The quantitative estimate of drug-likeness (QED) is 0.394. The lowest BCUT2D eigenvalue weighted by Gasteiger charge is -2.45. The molecule has 3 aliphatic rings. The monoisotopic (exact) mass is 524 g/mol. The van der Waals surface area contributed by atoms with Crippen molar-refractivity contribution in [1.29, 1.82) is 0 Å². The van der Waals surface area contributed by atoms with Gasteiger partial charge in [-0.1, -0.05) is 6.07 Å². The summed E-state index contributed by atoms with van der Waals surface area (Å²) in [6.07, 6.45) is 6.50. The van der Waals surface area contributed by atoms with Gasteiger partial charge in [-0.3, -0.25) is 0 Å². The maximum atomic E-state index is 12.2. The zero-order valence-corrected chi connectivity index (χ0v) is 21.7. The molecule has 1 aromatic heterocycles. The zero-order valence-electron chi connectivity index (χ0n) is 20.9. The van der Waals surface area contributed by atoms with Gasteiger partial charge in [-0.05, 0) is 63.0 Å². The molecule has 36 heavy (non-hydrogen) atoms. The number of rotatable bonds is 11. The molecule has 0 spiro atoms. The van der Waals surface area contributed by atoms with Crippen LogP contribution in [0.25, 0.3) is 0 Å². The molecule has 1 saturated heterocycles. The number of aliphatic carboxylic acids is 1. The van der Waals surface area contributed by atoms with Gasteiger partial charge in [0.1, 0.15) is 17.5 Å². The Morgan fingerprint density at radius 3 is 2.78 bits per heavy atom. The topological polar surface area (TPSA) is 147 Å². The summed E-state index contributed by atoms with van der Waals surface area (Å²) in [4.78, 5) is 28.5. The maximum Gasteiger partial charge on any atom is 0.408 e. The highest BCUT2D eigenvalue weighted by Crippen LogP contribution is 2.34. The van der Waals surface area contributed by atoms with Crippen LogP contribution in [0.4, 0.5) is 10.6 Å². The molecule has 1 amide bonds. The lowest BCUT2D eigenvalue weighted by Crippen LogP contribution is -2.64. The molecule has 12 heteroatoms. The van der Waals surface area contributed by atoms with Crippen LogP contribution in [0.3, 0.4) is 0 Å². The highest BCUT2D eigenvalue weighted by atomic mass is 32.2. The fourth-order valence-electron chi connectivity index (χ4n) is 4.91. The van der Waals surface area contributed by atoms with Crippen LogP contribution in [-0.4, -0.2) is 85.1 Å². The Morgan fingerprint density at radius 2 is 2.08 bits per heavy atom. The SMILES string of the molecule is CC1(OC(=O)NC(CCOC2CC(CCc3ccc4c(n3)NCCC4)C2)C(=O)O)CN(S(C)(=O)=O)C1. The van der Waals surface area contributed by atoms with Gasteiger partial charge < -0.3 is 25.2 Å². The van der Waals surface area contributed by atoms with E-state index < -0.39 is 33.7 Å². The van der Waals surface area contributed by atoms with E-state index in [1.54, 1.807) is 6.92 Å². The number of carboxylic acids is 1. The summed E-state index contributed by atoms with van der Waals surface area (Å²) in [5.41, 5.74) is 1.42. The molecular weight excluding hydrogens is 488 g/mol. The van der Waals surface area contributed by atoms with Crippen LogP contribution in [-0.2, 0) is 37.1 Å². The molecule has 200 valence electrons. The van der Waals surface area contributed by atoms with Gasteiger partial charge in [0.15, 0.2) is 0 Å². The standard InChI is InChI=1S/C24H36N4O7S/c1-24(14-28(15-24)36(2,32)33)35-23(31)27-20(22(29)30)9-11-34-19-12-16(13-19)5-7-18-8-6-17-4-3-10-25-21(17)26-18/h6,8,16,19-20H,3-5,7,9-15H2,1-2H3,(H,25,26)(H,27,31)(H,29,30). The fraction of sp³-hybridized carbons (Fsp3) is 0.708. The molecule has 2 fully saturated rings. The Hall–Kier alpha value is -2.44. The Balaban J connectivity index is 1.11. The first-order valence-electron chi connectivity index (χ1n) is 12.5. The van der Waals surface area contributed by atoms with Crippen molar-refractivity contribution in [2.45, 2.75) is 69.6 Å². The molecule has 2 aliphatic heterocycles. The third kappa shape index (κ3) is 6.86. The number of anilines is 1. The highest BCUT2D eigenvalue weighted by molar-refractivity contribution is 7.88. The van der Waals surface area contributed by atoms with E-state index in [1.807, 2.05) is 0 Å². The van der Waals surface area contributed by atoms with Crippen LogP contribution < -0.4 is 10.6 Å². The Kier molecular flexibility index (Phi) is 8.06. The van der Waals surface area contributed by atoms with Crippen molar-refractivity contribution in [3.05, 3.63) is 23.4 Å². The average molecular weight is 525 g/mol. The number of aromatic nitrogens is 1. The molecule has 3 N–H and O–H groups in total. The number of carbonyl (C=O) groups excluding carboxylic acids is 1. The second-order valence-corrected chi connectivity index (χ2v) is 12.4. The van der Waals surface area contributed by atoms with E-state index >= 15 is 0 Å². The number of hydrogen-bond donors (Lipinski definition) is 3. The number of aryl methyl sites for hydroxylation is 2. The molecule has 1 atom stereocenters. The lowest BCUT2D eigenvalue weighted by molar-refractivity contribution is -0.140. The molecule has 1 aliphatic carbocycles. The van der Waals surface area contributed by atoms with Crippen LogP contribution in [0.2, 0.25) is 0 Å². The molecule has 4 rings (SSSR count). The van der Waals surface area contributed by atoms with E-state index in [0.717, 1.165) is 62.8 Å². The van der Waals surface area contributed by atoms with Crippen LogP contribution in [0.1, 0.15) is 50.3 Å². The summed E-state index contributed by atoms with van der Waals surface area (Å²) in [6, 6.07) is 3.15. The molecule has 1 aromatic rings. The van der Waals surface area contributed by atoms with E-state index in [-0.39, 0.29) is 32.2 Å². The number of amides is 1. The minimum atomic E-state index is -3.35. The van der Waals surface area contributed by atoms with E-state index in [9.17, 15) is 23.1 Å². The second-order valence-electron chi connectivity index (χ2n) is 10.4. The Morgan fingerprint density at radius 1 is 1.33 bits per heavy atom. The van der Waals surface area contributed by atoms with Crippen LogP contribution >= 0.6 is 0 Å². The van der Waals surface area contributed by atoms with Crippen molar-refractivity contribution in [1.82, 2.24) is 14.6 Å². The summed E-state index contributed by atoms with van der Waals surface area (Å²) >= 11 is 0. The molecular formula is C24H36N4O7S. The summed E-state index contributed by atoms with van der Waals surface area (Å²) in [7, 11) is -3.35. The number of fused-ring (bicyclic) bond motifs is 1. The summed E-state index contributed by atoms with van der Waals surface area (Å²) < 4.78 is 35.3. The lowest BCUT2D eigenvalue weighted by atomic mass is 9.79. The van der Waals surface area contributed by atoms with Gasteiger partial charge >= 0.3 is 12.1 Å². The van der Waals surface area contributed by atoms with Gasteiger partial charge in [0, 0.05) is 25.3 Å². The number of nitrogens with one attached hydrogen (secondary N) is 2. The summed E-state index contributed by atoms with van der Waals surface area (Å²) in [5.74, 6) is 0.418. The van der Waals surface area contributed by atoms with Crippen LogP contribution in [0.15, 0.2) is 12.1 Å². The molecule has 0 bridgehead atoms. The summed E-state index contributed by atoms with van der Waals surface area (Å²) in [5, 5.41) is 15.2. The predicted octanol–water partition coefficient (Wildman–Crippen LogP) is 1.77. The number of pyridine rings is 1. The number of hydrogen-bond acceptors (Lipinski definition) is 8. The molecule has 1 unspecified atom stereocenters. The molecule has 0 radical (unpaired) electrons. The normalized spacial score (nSPS) is 23.8. The van der Waals surface area contributed by atoms with E-state index in [0.29, 0.717) is 5.92 Å². The van der Waals surface area contributed by atoms with Crippen molar-refractivity contribution < 1.29 is 32.6 Å². The third-order valence-corrected chi connectivity index (χ3v) is 8.33. The van der Waals surface area contributed by atoms with Gasteiger partial charge in [-0.25, -0.2) is 23.0 Å². The van der Waals surface area contributed by atoms with Crippen molar-refractivity contribution in [3.8, 4) is 0 Å². The highest BCUT2D eigenvalue weighted by Gasteiger charge is 2.46. The number of ether oxygens (including phenoxy) is 2. The van der Waals surface area contributed by atoms with Gasteiger partial charge in [0.25, 0.3) is 0 Å². The fourth-order valence-corrected chi connectivity index (χ4v) is 5.93.